The second-order valence-electron chi connectivity index (χ2n) is 7.24. The predicted molar refractivity (Wildman–Crippen MR) is 114 cm³/mol. The van der Waals surface area contributed by atoms with Gasteiger partial charge >= 0.3 is 6.18 Å². The van der Waals surface area contributed by atoms with Crippen LogP contribution >= 0.6 is 0 Å². The van der Waals surface area contributed by atoms with Gasteiger partial charge in [-0.3, -0.25) is 9.78 Å². The molecule has 3 aromatic rings. The van der Waals surface area contributed by atoms with E-state index in [4.69, 9.17) is 4.74 Å². The van der Waals surface area contributed by atoms with E-state index < -0.39 is 17.6 Å². The summed E-state index contributed by atoms with van der Waals surface area (Å²) in [4.78, 5) is 17.0. The number of halogens is 3. The van der Waals surface area contributed by atoms with Gasteiger partial charge in [-0.2, -0.15) is 13.2 Å². The molecular weight excluding hydrogens is 421 g/mol. The maximum atomic E-state index is 13.1. The molecule has 5 nitrogen and oxygen atoms in total. The molecule has 2 N–H and O–H groups in total. The molecule has 1 aromatic heterocycles. The number of rotatable bonds is 3. The minimum absolute atomic E-state index is 0.0251. The molecule has 0 saturated carbocycles. The minimum Gasteiger partial charge on any atom is -0.506 e. The minimum atomic E-state index is -4.48. The van der Waals surface area contributed by atoms with E-state index >= 15 is 0 Å². The quantitative estimate of drug-likeness (QED) is 0.515. The fourth-order valence-corrected chi connectivity index (χ4v) is 3.54. The number of fused-ring (bicyclic) bond motifs is 1. The Labute approximate surface area is 182 Å². The van der Waals surface area contributed by atoms with Crippen LogP contribution in [0, 0.1) is 0 Å². The van der Waals surface area contributed by atoms with Gasteiger partial charge in [-0.1, -0.05) is 24.3 Å². The largest absolute Gasteiger partial charge is 0.506 e. The van der Waals surface area contributed by atoms with Crippen LogP contribution in [0.1, 0.15) is 24.0 Å². The average Bonchev–Trinajstić information content (AvgIpc) is 2.96. The van der Waals surface area contributed by atoms with Crippen LogP contribution in [0.5, 0.6) is 11.5 Å². The number of pyridine rings is 1. The molecule has 0 atom stereocenters. The first-order chi connectivity index (χ1) is 15.3. The molecule has 164 valence electrons. The lowest BCUT2D eigenvalue weighted by Crippen LogP contribution is -2.10. The molecule has 2 heterocycles. The fourth-order valence-electron chi connectivity index (χ4n) is 3.54. The molecule has 0 saturated heterocycles. The number of ether oxygens (including phenoxy) is 1. The van der Waals surface area contributed by atoms with Gasteiger partial charge in [-0.25, -0.2) is 0 Å². The third kappa shape index (κ3) is 4.59. The van der Waals surface area contributed by atoms with Crippen LogP contribution in [-0.2, 0) is 11.0 Å². The van der Waals surface area contributed by atoms with Crippen molar-refractivity contribution in [3.05, 3.63) is 78.0 Å². The lowest BCUT2D eigenvalue weighted by Gasteiger charge is -2.13. The van der Waals surface area contributed by atoms with Gasteiger partial charge in [-0.15, -0.1) is 0 Å². The van der Waals surface area contributed by atoms with Crippen molar-refractivity contribution in [2.45, 2.75) is 19.0 Å². The number of aromatic nitrogens is 1. The SMILES string of the molecule is O=C(/C=C1\CCCOc2cc(C(F)(F)F)ccc21)Nc1ccccc1-c1ncccc1O. The number of nitrogens with one attached hydrogen (secondary N) is 1. The maximum absolute atomic E-state index is 13.1. The van der Waals surface area contributed by atoms with Crippen LogP contribution < -0.4 is 10.1 Å². The van der Waals surface area contributed by atoms with Gasteiger partial charge in [0, 0.05) is 23.4 Å². The number of anilines is 1. The second-order valence-corrected chi connectivity index (χ2v) is 7.24. The van der Waals surface area contributed by atoms with E-state index in [0.29, 0.717) is 40.9 Å². The summed E-state index contributed by atoms with van der Waals surface area (Å²) in [5.74, 6) is -0.367. The molecule has 4 rings (SSSR count). The maximum Gasteiger partial charge on any atom is 0.416 e. The number of nitrogens with zero attached hydrogens (tertiary/aromatic N) is 1. The van der Waals surface area contributed by atoms with Crippen molar-refractivity contribution in [1.82, 2.24) is 4.98 Å². The average molecular weight is 440 g/mol. The van der Waals surface area contributed by atoms with E-state index in [2.05, 4.69) is 10.3 Å². The van der Waals surface area contributed by atoms with Crippen molar-refractivity contribution in [2.75, 3.05) is 11.9 Å². The summed E-state index contributed by atoms with van der Waals surface area (Å²) >= 11 is 0. The zero-order valence-corrected chi connectivity index (χ0v) is 16.8. The Morgan fingerprint density at radius 3 is 2.69 bits per heavy atom. The predicted octanol–water partition coefficient (Wildman–Crippen LogP) is 5.67. The van der Waals surface area contributed by atoms with Crippen molar-refractivity contribution in [3.63, 3.8) is 0 Å². The molecule has 8 heteroatoms. The zero-order chi connectivity index (χ0) is 22.7. The van der Waals surface area contributed by atoms with Crippen LogP contribution in [0.25, 0.3) is 16.8 Å². The summed E-state index contributed by atoms with van der Waals surface area (Å²) < 4.78 is 44.7. The number of allylic oxidation sites excluding steroid dienone is 1. The Morgan fingerprint density at radius 2 is 1.91 bits per heavy atom. The lowest BCUT2D eigenvalue weighted by atomic mass is 9.99. The number of carbonyl (C=O) groups excluding carboxylic acids is 1. The van der Waals surface area contributed by atoms with Crippen LogP contribution in [-0.4, -0.2) is 22.6 Å². The van der Waals surface area contributed by atoms with Crippen molar-refractivity contribution in [2.24, 2.45) is 0 Å². The highest BCUT2D eigenvalue weighted by Gasteiger charge is 2.32. The highest BCUT2D eigenvalue weighted by molar-refractivity contribution is 6.06. The molecule has 0 radical (unpaired) electrons. The van der Waals surface area contributed by atoms with Gasteiger partial charge in [0.15, 0.2) is 0 Å². The van der Waals surface area contributed by atoms with Gasteiger partial charge in [-0.05, 0) is 48.7 Å². The Balaban J connectivity index is 1.64. The van der Waals surface area contributed by atoms with Crippen molar-refractivity contribution >= 4 is 17.2 Å². The zero-order valence-electron chi connectivity index (χ0n) is 16.8. The number of para-hydroxylation sites is 1. The third-order valence-electron chi connectivity index (χ3n) is 5.03. The van der Waals surface area contributed by atoms with Gasteiger partial charge < -0.3 is 15.2 Å². The van der Waals surface area contributed by atoms with E-state index in [9.17, 15) is 23.1 Å². The normalized spacial score (nSPS) is 14.9. The summed E-state index contributed by atoms with van der Waals surface area (Å²) in [5, 5.41) is 12.9. The molecule has 0 fully saturated rings. The van der Waals surface area contributed by atoms with Crippen LogP contribution in [0.4, 0.5) is 18.9 Å². The Bertz CT molecular complexity index is 1190. The summed E-state index contributed by atoms with van der Waals surface area (Å²) in [5.41, 5.74) is 1.55. The highest BCUT2D eigenvalue weighted by Crippen LogP contribution is 2.38. The van der Waals surface area contributed by atoms with Crippen molar-refractivity contribution < 1.29 is 27.8 Å². The molecule has 32 heavy (non-hydrogen) atoms. The van der Waals surface area contributed by atoms with Crippen LogP contribution in [0.3, 0.4) is 0 Å². The number of aromatic hydroxyl groups is 1. The number of hydrogen-bond acceptors (Lipinski definition) is 4. The first-order valence-electron chi connectivity index (χ1n) is 9.92. The lowest BCUT2D eigenvalue weighted by molar-refractivity contribution is -0.137. The number of alkyl halides is 3. The molecule has 2 aromatic carbocycles. The fraction of sp³-hybridized carbons (Fsp3) is 0.167. The second kappa shape index (κ2) is 8.74. The van der Waals surface area contributed by atoms with Gasteiger partial charge in [0.1, 0.15) is 17.2 Å². The first-order valence-corrected chi connectivity index (χ1v) is 9.92. The number of amides is 1. The van der Waals surface area contributed by atoms with E-state index in [1.807, 2.05) is 0 Å². The monoisotopic (exact) mass is 440 g/mol. The standard InChI is InChI=1S/C24H19F3N2O3/c25-24(26,27)16-9-10-17-15(5-4-12-32-21(17)14-16)13-22(31)29-19-7-2-1-6-18(19)23-20(30)8-3-11-28-23/h1-3,6-11,13-14,30H,4-5,12H2,(H,29,31)/b15-13+. The van der Waals surface area contributed by atoms with E-state index in [0.717, 1.165) is 12.1 Å². The number of carbonyl (C=O) groups is 1. The summed E-state index contributed by atoms with van der Waals surface area (Å²) in [7, 11) is 0. The topological polar surface area (TPSA) is 71.5 Å². The molecule has 1 amide bonds. The number of hydrogen-bond donors (Lipinski definition) is 2. The van der Waals surface area contributed by atoms with Crippen LogP contribution in [0.2, 0.25) is 0 Å². The number of benzene rings is 2. The van der Waals surface area contributed by atoms with Crippen molar-refractivity contribution in [1.29, 1.82) is 0 Å². The van der Waals surface area contributed by atoms with Gasteiger partial charge in [0.25, 0.3) is 0 Å². The molecule has 0 unspecified atom stereocenters. The van der Waals surface area contributed by atoms with E-state index in [-0.39, 0.29) is 18.1 Å². The first kappa shape index (κ1) is 21.4. The summed E-state index contributed by atoms with van der Waals surface area (Å²) in [6, 6.07) is 13.3. The Kier molecular flexibility index (Phi) is 5.85. The van der Waals surface area contributed by atoms with Crippen LogP contribution in [0.15, 0.2) is 66.9 Å². The molecule has 1 aliphatic rings. The molecule has 0 spiro atoms. The van der Waals surface area contributed by atoms with E-state index in [1.54, 1.807) is 30.3 Å². The molecule has 1 aliphatic heterocycles. The van der Waals surface area contributed by atoms with Gasteiger partial charge in [0.05, 0.1) is 17.9 Å². The Morgan fingerprint density at radius 1 is 1.09 bits per heavy atom. The highest BCUT2D eigenvalue weighted by atomic mass is 19.4. The van der Waals surface area contributed by atoms with E-state index in [1.165, 1.54) is 24.4 Å². The van der Waals surface area contributed by atoms with Crippen molar-refractivity contribution in [3.8, 4) is 22.8 Å². The Hall–Kier alpha value is -3.81. The third-order valence-corrected chi connectivity index (χ3v) is 5.03. The molecule has 0 bridgehead atoms. The molecule has 0 aliphatic carbocycles. The molecular formula is C24H19F3N2O3. The smallest absolute Gasteiger partial charge is 0.416 e. The summed E-state index contributed by atoms with van der Waals surface area (Å²) in [6.45, 7) is 0.259. The van der Waals surface area contributed by atoms with Gasteiger partial charge in [0.2, 0.25) is 5.91 Å². The summed E-state index contributed by atoms with van der Waals surface area (Å²) in [6.07, 6.45) is -0.530.